The molecule has 1 atom stereocenters. The monoisotopic (exact) mass is 615 g/mol. The number of fused-ring (bicyclic) bond motifs is 1. The molecule has 1 N–H and O–H groups in total. The second-order valence-electron chi connectivity index (χ2n) is 12.6. The molecule has 3 aromatic heterocycles. The maximum absolute atomic E-state index is 14.3. The van der Waals surface area contributed by atoms with E-state index < -0.39 is 29.3 Å². The van der Waals surface area contributed by atoms with E-state index in [1.165, 1.54) is 23.9 Å². The number of pyridine rings is 1. The minimum absolute atomic E-state index is 0.0186. The Labute approximate surface area is 250 Å². The lowest BCUT2D eigenvalue weighted by molar-refractivity contribution is -0.136. The Hall–Kier alpha value is -3.87. The smallest absolute Gasteiger partial charge is 0.321 e. The minimum Gasteiger partial charge on any atom is -0.321 e. The highest BCUT2D eigenvalue weighted by molar-refractivity contribution is 5.82. The summed E-state index contributed by atoms with van der Waals surface area (Å²) in [4.78, 5) is 15.4. The van der Waals surface area contributed by atoms with Crippen molar-refractivity contribution in [3.05, 3.63) is 82.1 Å². The lowest BCUT2D eigenvalue weighted by Crippen LogP contribution is -2.46. The van der Waals surface area contributed by atoms with Crippen molar-refractivity contribution in [2.45, 2.75) is 63.6 Å². The van der Waals surface area contributed by atoms with Gasteiger partial charge in [0.2, 0.25) is 0 Å². The topological polar surface area (TPSA) is 84.2 Å². The van der Waals surface area contributed by atoms with Gasteiger partial charge in [-0.2, -0.15) is 13.2 Å². The van der Waals surface area contributed by atoms with Gasteiger partial charge in [-0.25, -0.2) is 13.6 Å². The first-order valence-electron chi connectivity index (χ1n) is 14.6. The lowest BCUT2D eigenvalue weighted by Gasteiger charge is -2.48. The van der Waals surface area contributed by atoms with Crippen LogP contribution in [0.3, 0.4) is 0 Å². The lowest BCUT2D eigenvalue weighted by atomic mass is 9.56. The Kier molecular flexibility index (Phi) is 7.29. The second kappa shape index (κ2) is 10.6. The maximum Gasteiger partial charge on any atom is 0.418 e. The zero-order chi connectivity index (χ0) is 31.6. The van der Waals surface area contributed by atoms with E-state index >= 15 is 0 Å². The predicted molar refractivity (Wildman–Crippen MR) is 155 cm³/mol. The van der Waals surface area contributed by atoms with Gasteiger partial charge in [0.1, 0.15) is 12.2 Å². The molecule has 1 aliphatic carbocycles. The molecule has 1 aromatic carbocycles. The Morgan fingerprint density at radius 2 is 1.91 bits per heavy atom. The number of benzene rings is 1. The van der Waals surface area contributed by atoms with Crippen LogP contribution in [0, 0.1) is 17.2 Å². The largest absolute Gasteiger partial charge is 0.418 e. The summed E-state index contributed by atoms with van der Waals surface area (Å²) < 4.78 is 75.0. The van der Waals surface area contributed by atoms with E-state index in [2.05, 4.69) is 10.2 Å². The van der Waals surface area contributed by atoms with E-state index in [1.807, 2.05) is 23.7 Å². The fourth-order valence-electron chi connectivity index (χ4n) is 6.74. The van der Waals surface area contributed by atoms with Crippen LogP contribution in [0.4, 0.5) is 22.0 Å². The summed E-state index contributed by atoms with van der Waals surface area (Å²) >= 11 is 0. The summed E-state index contributed by atoms with van der Waals surface area (Å²) in [7, 11) is 1.86. The Morgan fingerprint density at radius 1 is 1.16 bits per heavy atom. The molecule has 13 heteroatoms. The molecule has 2 aliphatic rings. The zero-order valence-electron chi connectivity index (χ0n) is 24.7. The van der Waals surface area contributed by atoms with Gasteiger partial charge in [0.25, 0.3) is 5.92 Å². The van der Waals surface area contributed by atoms with Crippen molar-refractivity contribution in [1.29, 1.82) is 5.41 Å². The summed E-state index contributed by atoms with van der Waals surface area (Å²) in [5.74, 6) is -2.86. The van der Waals surface area contributed by atoms with Crippen molar-refractivity contribution >= 4 is 11.2 Å². The van der Waals surface area contributed by atoms with E-state index in [0.29, 0.717) is 30.7 Å². The first-order chi connectivity index (χ1) is 20.7. The molecule has 4 aromatic rings. The average Bonchev–Trinajstić information content (AvgIpc) is 3.49. The van der Waals surface area contributed by atoms with Crippen LogP contribution >= 0.6 is 0 Å². The highest BCUT2D eigenvalue weighted by atomic mass is 19.4. The molecule has 0 bridgehead atoms. The van der Waals surface area contributed by atoms with Crippen molar-refractivity contribution in [3.8, 4) is 5.69 Å². The molecule has 44 heavy (non-hydrogen) atoms. The fraction of sp³-hybridized carbons (Fsp3) is 0.484. The standard InChI is InChI=1S/C31H34F5N7O/c1-19-14-41(8-7-30(19,32)33)15-21-9-25(31(34,35)36)26-17-42(28(44)43(26)16-21)24-6-4-5-23(10-24)29(11-22(12-29)20(2)37)13-27-39-38-18-40(27)3/h4-6,9-10,16-19,22,37H,7-8,11-15H2,1-3H3/t19-,22?,29?/m1/s1. The molecule has 0 amide bonds. The summed E-state index contributed by atoms with van der Waals surface area (Å²) in [5.41, 5.74) is -0.137. The molecule has 234 valence electrons. The zero-order valence-corrected chi connectivity index (χ0v) is 24.7. The minimum atomic E-state index is -4.74. The molecule has 0 spiro atoms. The molecule has 1 saturated heterocycles. The number of alkyl halides is 5. The highest BCUT2D eigenvalue weighted by Gasteiger charge is 2.47. The van der Waals surface area contributed by atoms with Crippen molar-refractivity contribution in [2.24, 2.45) is 18.9 Å². The third-order valence-electron chi connectivity index (χ3n) is 9.47. The van der Waals surface area contributed by atoms with Crippen LogP contribution in [0.15, 0.2) is 53.8 Å². The first kappa shape index (κ1) is 30.2. The van der Waals surface area contributed by atoms with Crippen molar-refractivity contribution in [1.82, 2.24) is 28.6 Å². The van der Waals surface area contributed by atoms with Crippen LogP contribution in [0.5, 0.6) is 0 Å². The van der Waals surface area contributed by atoms with Gasteiger partial charge < -0.3 is 9.98 Å². The number of piperidine rings is 1. The SMILES string of the molecule is CC(=N)C1CC(Cc2nncn2C)(c2cccc(-n3cc4c(C(F)(F)F)cc(CN5CCC(F)(F)[C@H](C)C5)cn4c3=O)c2)C1. The van der Waals surface area contributed by atoms with Crippen LogP contribution in [0.1, 0.15) is 55.6 Å². The number of hydrogen-bond acceptors (Lipinski definition) is 5. The maximum atomic E-state index is 14.3. The summed E-state index contributed by atoms with van der Waals surface area (Å²) in [6.07, 6.45) is 1.07. The second-order valence-corrected chi connectivity index (χ2v) is 12.6. The number of halogens is 5. The number of nitrogens with zero attached hydrogens (tertiary/aromatic N) is 6. The van der Waals surface area contributed by atoms with Crippen LogP contribution in [0.2, 0.25) is 0 Å². The Balaban J connectivity index is 1.38. The average molecular weight is 616 g/mol. The summed E-state index contributed by atoms with van der Waals surface area (Å²) in [5, 5.41) is 16.4. The van der Waals surface area contributed by atoms with Gasteiger partial charge in [-0.1, -0.05) is 19.1 Å². The summed E-state index contributed by atoms with van der Waals surface area (Å²) in [6, 6.07) is 8.25. The number of aromatic nitrogens is 5. The van der Waals surface area contributed by atoms with Gasteiger partial charge in [0.15, 0.2) is 0 Å². The van der Waals surface area contributed by atoms with Gasteiger partial charge in [-0.05, 0) is 55.0 Å². The van der Waals surface area contributed by atoms with E-state index in [1.54, 1.807) is 30.3 Å². The fourth-order valence-corrected chi connectivity index (χ4v) is 6.74. The number of rotatable bonds is 7. The quantitative estimate of drug-likeness (QED) is 0.215. The number of hydrogen-bond donors (Lipinski definition) is 1. The molecule has 1 saturated carbocycles. The van der Waals surface area contributed by atoms with Crippen molar-refractivity contribution < 1.29 is 22.0 Å². The molecule has 8 nitrogen and oxygen atoms in total. The molecule has 6 rings (SSSR count). The molecule has 0 unspecified atom stereocenters. The highest BCUT2D eigenvalue weighted by Crippen LogP contribution is 2.50. The van der Waals surface area contributed by atoms with E-state index in [-0.39, 0.29) is 48.5 Å². The van der Waals surface area contributed by atoms with Gasteiger partial charge in [-0.3, -0.25) is 13.9 Å². The number of imidazole rings is 1. The van der Waals surface area contributed by atoms with Crippen LogP contribution in [-0.2, 0) is 31.6 Å². The Bertz CT molecular complexity index is 1780. The molecule has 0 radical (unpaired) electrons. The summed E-state index contributed by atoms with van der Waals surface area (Å²) in [6.45, 7) is 3.33. The van der Waals surface area contributed by atoms with Crippen LogP contribution in [0.25, 0.3) is 11.2 Å². The number of nitrogens with one attached hydrogen (secondary N) is 1. The van der Waals surface area contributed by atoms with Gasteiger partial charge in [0.05, 0.1) is 16.8 Å². The van der Waals surface area contributed by atoms with Crippen LogP contribution in [-0.4, -0.2) is 53.4 Å². The van der Waals surface area contributed by atoms with Gasteiger partial charge >= 0.3 is 11.9 Å². The normalized spacial score (nSPS) is 24.0. The van der Waals surface area contributed by atoms with E-state index in [4.69, 9.17) is 5.41 Å². The molecule has 4 heterocycles. The third-order valence-corrected chi connectivity index (χ3v) is 9.47. The van der Waals surface area contributed by atoms with Crippen molar-refractivity contribution in [3.63, 3.8) is 0 Å². The number of aryl methyl sites for hydroxylation is 1. The third kappa shape index (κ3) is 5.35. The van der Waals surface area contributed by atoms with Gasteiger partial charge in [0, 0.05) is 69.0 Å². The molecular weight excluding hydrogens is 581 g/mol. The molecular formula is C31H34F5N7O. The Morgan fingerprint density at radius 3 is 2.55 bits per heavy atom. The van der Waals surface area contributed by atoms with E-state index in [0.717, 1.165) is 21.9 Å². The molecule has 1 aliphatic heterocycles. The van der Waals surface area contributed by atoms with Crippen molar-refractivity contribution in [2.75, 3.05) is 13.1 Å². The first-order valence-corrected chi connectivity index (χ1v) is 14.6. The van der Waals surface area contributed by atoms with Crippen LogP contribution < -0.4 is 5.69 Å². The predicted octanol–water partition coefficient (Wildman–Crippen LogP) is 5.64. The van der Waals surface area contributed by atoms with E-state index in [9.17, 15) is 26.7 Å². The number of likely N-dealkylation sites (tertiary alicyclic amines) is 1. The van der Waals surface area contributed by atoms with Gasteiger partial charge in [-0.15, -0.1) is 10.2 Å². The molecule has 2 fully saturated rings.